The van der Waals surface area contributed by atoms with Gasteiger partial charge in [0.25, 0.3) is 0 Å². The van der Waals surface area contributed by atoms with Crippen LogP contribution in [0.1, 0.15) is 205 Å². The number of thiophene rings is 2. The zero-order chi connectivity index (χ0) is 41.5. The van der Waals surface area contributed by atoms with Crippen LogP contribution >= 0.6 is 22.7 Å². The van der Waals surface area contributed by atoms with Crippen molar-refractivity contribution in [1.29, 1.82) is 0 Å². The average Bonchev–Trinajstić information content (AvgIpc) is 3.97. The molecule has 0 radical (unpaired) electrons. The van der Waals surface area contributed by atoms with Crippen LogP contribution in [0.2, 0.25) is 0 Å². The molecule has 7 aromatic rings. The fourth-order valence-electron chi connectivity index (χ4n) is 9.25. The first kappa shape index (κ1) is 44.7. The molecule has 0 bridgehead atoms. The highest BCUT2D eigenvalue weighted by atomic mass is 32.1. The van der Waals surface area contributed by atoms with Crippen molar-refractivity contribution >= 4 is 87.0 Å². The van der Waals surface area contributed by atoms with E-state index in [-0.39, 0.29) is 0 Å². The van der Waals surface area contributed by atoms with Gasteiger partial charge in [0, 0.05) is 10.8 Å². The van der Waals surface area contributed by atoms with Crippen LogP contribution in [0, 0.1) is 0 Å². The Kier molecular flexibility index (Phi) is 17.3. The number of benzene rings is 2. The third kappa shape index (κ3) is 10.8. The number of nitrogens with zero attached hydrogens (tertiary/aromatic N) is 6. The Morgan fingerprint density at radius 1 is 0.300 bits per heavy atom. The number of aryl methyl sites for hydroxylation is 4. The summed E-state index contributed by atoms with van der Waals surface area (Å²) in [6.07, 6.45) is 34.2. The minimum atomic E-state index is 0.832. The van der Waals surface area contributed by atoms with Crippen molar-refractivity contribution in [2.45, 2.75) is 207 Å². The highest BCUT2D eigenvalue weighted by Crippen LogP contribution is 2.41. The maximum atomic E-state index is 5.67. The van der Waals surface area contributed by atoms with Crippen molar-refractivity contribution < 1.29 is 0 Å². The van der Waals surface area contributed by atoms with Crippen LogP contribution in [0.5, 0.6) is 0 Å². The van der Waals surface area contributed by atoms with Crippen molar-refractivity contribution in [2.75, 3.05) is 0 Å². The van der Waals surface area contributed by atoms with Crippen molar-refractivity contribution in [2.24, 2.45) is 0 Å². The molecule has 0 aliphatic rings. The Balaban J connectivity index is 1.40. The van der Waals surface area contributed by atoms with Crippen LogP contribution < -0.4 is 0 Å². The summed E-state index contributed by atoms with van der Waals surface area (Å²) in [5.74, 6) is 0. The summed E-state index contributed by atoms with van der Waals surface area (Å²) in [6, 6.07) is 4.46. The van der Waals surface area contributed by atoms with E-state index in [1.54, 1.807) is 22.7 Å². The number of fused-ring (bicyclic) bond motifs is 12. The number of unbranched alkanes of at least 4 members (excludes halogenated alkanes) is 20. The van der Waals surface area contributed by atoms with E-state index in [2.05, 4.69) is 50.6 Å². The van der Waals surface area contributed by atoms with Gasteiger partial charge >= 0.3 is 0 Å². The number of aromatic nitrogens is 6. The van der Waals surface area contributed by atoms with Gasteiger partial charge in [-0.2, -0.15) is 0 Å². The molecule has 5 aromatic heterocycles. The highest BCUT2D eigenvalue weighted by Gasteiger charge is 2.23. The molecule has 0 aliphatic carbocycles. The monoisotopic (exact) mass is 845 g/mol. The minimum absolute atomic E-state index is 0.832. The second kappa shape index (κ2) is 23.2. The smallest absolute Gasteiger partial charge is 0.120 e. The zero-order valence-corrected chi connectivity index (χ0v) is 39.2. The van der Waals surface area contributed by atoms with Gasteiger partial charge in [-0.1, -0.05) is 156 Å². The molecule has 5 heterocycles. The summed E-state index contributed by atoms with van der Waals surface area (Å²) >= 11 is 3.61. The fourth-order valence-corrected chi connectivity index (χ4v) is 11.2. The molecule has 0 N–H and O–H groups in total. The third-order valence-electron chi connectivity index (χ3n) is 12.8. The van der Waals surface area contributed by atoms with E-state index in [0.29, 0.717) is 0 Å². The van der Waals surface area contributed by atoms with Crippen LogP contribution in [0.4, 0.5) is 0 Å². The van der Waals surface area contributed by atoms with E-state index in [1.165, 1.54) is 149 Å². The molecule has 0 aliphatic heterocycles. The predicted octanol–water partition coefficient (Wildman–Crippen LogP) is 16.7. The molecular formula is C52H72N6S2. The van der Waals surface area contributed by atoms with Gasteiger partial charge in [-0.25, -0.2) is 29.9 Å². The number of hydrogen-bond donors (Lipinski definition) is 0. The normalized spacial score (nSPS) is 12.2. The Bertz CT molecular complexity index is 2260. The quantitative estimate of drug-likeness (QED) is 0.0278. The van der Waals surface area contributed by atoms with Crippen LogP contribution in [0.3, 0.4) is 0 Å². The molecule has 0 amide bonds. The van der Waals surface area contributed by atoms with Gasteiger partial charge in [0.2, 0.25) is 0 Å². The van der Waals surface area contributed by atoms with Crippen LogP contribution in [0.25, 0.3) is 64.3 Å². The summed E-state index contributed by atoms with van der Waals surface area (Å²) < 4.78 is 2.59. The molecule has 0 spiro atoms. The maximum absolute atomic E-state index is 5.67. The van der Waals surface area contributed by atoms with Crippen molar-refractivity contribution in [3.8, 4) is 0 Å². The second-order valence-electron chi connectivity index (χ2n) is 17.6. The summed E-state index contributed by atoms with van der Waals surface area (Å²) in [6.45, 7) is 9.19. The Morgan fingerprint density at radius 3 is 0.833 bits per heavy atom. The highest BCUT2D eigenvalue weighted by molar-refractivity contribution is 7.25. The molecule has 0 atom stereocenters. The Hall–Kier alpha value is -3.36. The molecule has 8 heteroatoms. The van der Waals surface area contributed by atoms with Crippen LogP contribution in [-0.2, 0) is 25.7 Å². The molecule has 322 valence electrons. The largest absolute Gasteiger partial charge is 0.247 e. The molecule has 6 nitrogen and oxygen atoms in total. The predicted molar refractivity (Wildman–Crippen MR) is 262 cm³/mol. The first-order valence-corrected chi connectivity index (χ1v) is 26.3. The topological polar surface area (TPSA) is 77.3 Å². The molecule has 60 heavy (non-hydrogen) atoms. The van der Waals surface area contributed by atoms with Gasteiger partial charge in [0.15, 0.2) is 0 Å². The van der Waals surface area contributed by atoms with E-state index in [9.17, 15) is 0 Å². The average molecular weight is 845 g/mol. The molecule has 0 unspecified atom stereocenters. The number of hydrogen-bond acceptors (Lipinski definition) is 8. The molecule has 0 saturated heterocycles. The molecular weight excluding hydrogens is 773 g/mol. The summed E-state index contributed by atoms with van der Waals surface area (Å²) in [5.41, 5.74) is 11.7. The molecule has 0 saturated carbocycles. The summed E-state index contributed by atoms with van der Waals surface area (Å²) in [5, 5.41) is 6.76. The lowest BCUT2D eigenvalue weighted by molar-refractivity contribution is 0.593. The lowest BCUT2D eigenvalue weighted by atomic mass is 10.0. The van der Waals surface area contributed by atoms with Crippen molar-refractivity contribution in [3.05, 3.63) is 45.7 Å². The lowest BCUT2D eigenvalue weighted by Crippen LogP contribution is -2.09. The SMILES string of the molecule is CCCCCCCCc1nc2c3nc(CCCCCCCC)c(CCCCCCCC)nc3c3nc4c5ccsc5c5sccc5c4nc3c2nc1CCCCCCCC. The third-order valence-corrected chi connectivity index (χ3v) is 14.8. The maximum Gasteiger partial charge on any atom is 0.120 e. The first-order chi connectivity index (χ1) is 29.7. The fraction of sp³-hybridized carbons (Fsp3) is 0.615. The van der Waals surface area contributed by atoms with Gasteiger partial charge in [-0.3, -0.25) is 0 Å². The van der Waals surface area contributed by atoms with Crippen LogP contribution in [-0.4, -0.2) is 29.9 Å². The van der Waals surface area contributed by atoms with E-state index in [4.69, 9.17) is 29.9 Å². The summed E-state index contributed by atoms with van der Waals surface area (Å²) in [7, 11) is 0. The number of rotatable bonds is 28. The standard InChI is InChI=1S/C52H72N6S2/c1-5-9-13-17-21-25-29-39-41(31-27-23-19-15-11-7-3)55-47-45(53-39)46-48(50-49(47)57-43-37-33-35-59-51(37)52-38(34-36-60-52)44(43)58-50)56-42(32-28-24-20-16-12-8-4)40(54-46)30-26-22-18-14-10-6-2/h33-36H,5-32H2,1-4H3. The van der Waals surface area contributed by atoms with Gasteiger partial charge in [-0.05, 0) is 74.3 Å². The minimum Gasteiger partial charge on any atom is -0.247 e. The van der Waals surface area contributed by atoms with E-state index in [0.717, 1.165) is 118 Å². The van der Waals surface area contributed by atoms with E-state index < -0.39 is 0 Å². The van der Waals surface area contributed by atoms with Gasteiger partial charge in [0.1, 0.15) is 33.1 Å². The van der Waals surface area contributed by atoms with Crippen molar-refractivity contribution in [1.82, 2.24) is 29.9 Å². The van der Waals surface area contributed by atoms with E-state index >= 15 is 0 Å². The molecule has 2 aromatic carbocycles. The Labute approximate surface area is 368 Å². The van der Waals surface area contributed by atoms with Gasteiger partial charge in [-0.15, -0.1) is 22.7 Å². The Morgan fingerprint density at radius 2 is 0.550 bits per heavy atom. The molecule has 7 rings (SSSR count). The van der Waals surface area contributed by atoms with Gasteiger partial charge in [0.05, 0.1) is 43.2 Å². The van der Waals surface area contributed by atoms with Crippen molar-refractivity contribution in [3.63, 3.8) is 0 Å². The van der Waals surface area contributed by atoms with E-state index in [1.807, 2.05) is 0 Å². The zero-order valence-electron chi connectivity index (χ0n) is 37.6. The van der Waals surface area contributed by atoms with Crippen LogP contribution in [0.15, 0.2) is 22.9 Å². The lowest BCUT2D eigenvalue weighted by Gasteiger charge is -2.16. The summed E-state index contributed by atoms with van der Waals surface area (Å²) in [4.78, 5) is 33.9. The second-order valence-corrected chi connectivity index (χ2v) is 19.5. The molecule has 0 fully saturated rings. The first-order valence-electron chi connectivity index (χ1n) is 24.5. The van der Waals surface area contributed by atoms with Gasteiger partial charge < -0.3 is 0 Å².